The lowest BCUT2D eigenvalue weighted by atomic mass is 10.0. The zero-order valence-electron chi connectivity index (χ0n) is 9.57. The fourth-order valence-electron chi connectivity index (χ4n) is 1.81. The summed E-state index contributed by atoms with van der Waals surface area (Å²) in [5, 5.41) is 10.1. The molecular formula is C12H15BN2S. The Balaban J connectivity index is 2.13. The highest BCUT2D eigenvalue weighted by Crippen LogP contribution is 2.33. The van der Waals surface area contributed by atoms with Crippen molar-refractivity contribution in [3.63, 3.8) is 0 Å². The van der Waals surface area contributed by atoms with Gasteiger partial charge in [-0.15, -0.1) is 11.3 Å². The average Bonchev–Trinajstić information content (AvgIpc) is 3.00. The lowest BCUT2D eigenvalue weighted by Gasteiger charge is -2.22. The molecule has 82 valence electrons. The van der Waals surface area contributed by atoms with Gasteiger partial charge in [-0.3, -0.25) is 0 Å². The molecule has 4 heteroatoms. The molecule has 0 amide bonds. The Hall–Kier alpha value is -0.945. The first kappa shape index (κ1) is 11.5. The van der Waals surface area contributed by atoms with Crippen molar-refractivity contribution in [1.29, 1.82) is 5.26 Å². The SMILES string of the molecule is [B]c1sc(N(CCC)CC2CC2)cc1C#N. The van der Waals surface area contributed by atoms with Gasteiger partial charge in [0.15, 0.2) is 0 Å². The van der Waals surface area contributed by atoms with Crippen LogP contribution in [0, 0.1) is 17.2 Å². The number of hydrogen-bond acceptors (Lipinski definition) is 3. The molecule has 0 unspecified atom stereocenters. The largest absolute Gasteiger partial charge is 0.363 e. The third-order valence-corrected chi connectivity index (χ3v) is 3.87. The Kier molecular flexibility index (Phi) is 3.55. The molecule has 1 heterocycles. The first-order valence-electron chi connectivity index (χ1n) is 5.79. The highest BCUT2D eigenvalue weighted by molar-refractivity contribution is 7.23. The zero-order valence-corrected chi connectivity index (χ0v) is 10.4. The molecule has 2 radical (unpaired) electrons. The quantitative estimate of drug-likeness (QED) is 0.724. The van der Waals surface area contributed by atoms with E-state index < -0.39 is 0 Å². The summed E-state index contributed by atoms with van der Waals surface area (Å²) in [6, 6.07) is 4.07. The molecule has 0 bridgehead atoms. The van der Waals surface area contributed by atoms with Crippen LogP contribution in [0.2, 0.25) is 0 Å². The molecule has 0 aliphatic heterocycles. The van der Waals surface area contributed by atoms with E-state index in [0.29, 0.717) is 10.3 Å². The number of rotatable bonds is 5. The van der Waals surface area contributed by atoms with Crippen molar-refractivity contribution in [2.45, 2.75) is 26.2 Å². The standard InChI is InChI=1S/C12H15BN2S/c1-2-5-15(8-9-3-4-9)11-6-10(7-14)12(13)16-11/h6,9H,2-5,8H2,1H3. The normalized spacial score (nSPS) is 14.8. The van der Waals surface area contributed by atoms with E-state index in [2.05, 4.69) is 17.9 Å². The predicted octanol–water partition coefficient (Wildman–Crippen LogP) is 2.04. The fourth-order valence-corrected chi connectivity index (χ4v) is 2.72. The number of hydrogen-bond donors (Lipinski definition) is 0. The van der Waals surface area contributed by atoms with Gasteiger partial charge in [-0.05, 0) is 36.0 Å². The van der Waals surface area contributed by atoms with Gasteiger partial charge in [0.2, 0.25) is 0 Å². The summed E-state index contributed by atoms with van der Waals surface area (Å²) in [5.41, 5.74) is 0.622. The first-order chi connectivity index (χ1) is 7.74. The molecule has 1 aliphatic carbocycles. The van der Waals surface area contributed by atoms with Crippen molar-refractivity contribution in [3.05, 3.63) is 11.6 Å². The molecule has 2 rings (SSSR count). The van der Waals surface area contributed by atoms with Gasteiger partial charge in [0.25, 0.3) is 0 Å². The van der Waals surface area contributed by atoms with Gasteiger partial charge in [0, 0.05) is 13.1 Å². The molecule has 0 saturated heterocycles. The molecule has 0 atom stereocenters. The summed E-state index contributed by atoms with van der Waals surface area (Å²) in [5.74, 6) is 0.861. The predicted molar refractivity (Wildman–Crippen MR) is 69.7 cm³/mol. The van der Waals surface area contributed by atoms with Gasteiger partial charge in [0.05, 0.1) is 16.6 Å². The summed E-state index contributed by atoms with van der Waals surface area (Å²) >= 11 is 1.54. The van der Waals surface area contributed by atoms with Gasteiger partial charge < -0.3 is 4.90 Å². The van der Waals surface area contributed by atoms with E-state index in [1.54, 1.807) is 0 Å². The van der Waals surface area contributed by atoms with E-state index in [1.807, 2.05) is 6.07 Å². The second-order valence-electron chi connectivity index (χ2n) is 4.36. The Morgan fingerprint density at radius 3 is 2.88 bits per heavy atom. The van der Waals surface area contributed by atoms with Crippen LogP contribution >= 0.6 is 11.3 Å². The monoisotopic (exact) mass is 230 g/mol. The van der Waals surface area contributed by atoms with Crippen molar-refractivity contribution in [1.82, 2.24) is 0 Å². The minimum Gasteiger partial charge on any atom is -0.363 e. The minimum atomic E-state index is 0.622. The van der Waals surface area contributed by atoms with Crippen LogP contribution in [-0.2, 0) is 0 Å². The van der Waals surface area contributed by atoms with Crippen LogP contribution in [0.25, 0.3) is 0 Å². The van der Waals surface area contributed by atoms with Crippen LogP contribution in [0.15, 0.2) is 6.07 Å². The number of anilines is 1. The van der Waals surface area contributed by atoms with E-state index in [9.17, 15) is 0 Å². The Morgan fingerprint density at radius 2 is 2.38 bits per heavy atom. The summed E-state index contributed by atoms with van der Waals surface area (Å²) in [7, 11) is 5.80. The van der Waals surface area contributed by atoms with Crippen molar-refractivity contribution >= 4 is 29.0 Å². The molecule has 0 spiro atoms. The number of nitriles is 1. The lowest BCUT2D eigenvalue weighted by Crippen LogP contribution is -2.25. The van der Waals surface area contributed by atoms with Crippen LogP contribution < -0.4 is 9.68 Å². The minimum absolute atomic E-state index is 0.622. The maximum atomic E-state index is 8.90. The van der Waals surface area contributed by atoms with Crippen molar-refractivity contribution < 1.29 is 0 Å². The molecule has 1 fully saturated rings. The molecule has 0 N–H and O–H groups in total. The Bertz CT molecular complexity index is 404. The summed E-state index contributed by atoms with van der Waals surface area (Å²) in [6.45, 7) is 4.36. The van der Waals surface area contributed by atoms with Gasteiger partial charge in [-0.1, -0.05) is 6.92 Å². The second-order valence-corrected chi connectivity index (χ2v) is 5.43. The van der Waals surface area contributed by atoms with E-state index in [1.165, 1.54) is 24.2 Å². The second kappa shape index (κ2) is 4.92. The van der Waals surface area contributed by atoms with Crippen LogP contribution in [-0.4, -0.2) is 20.9 Å². The van der Waals surface area contributed by atoms with E-state index >= 15 is 0 Å². The smallest absolute Gasteiger partial charge is 0.130 e. The van der Waals surface area contributed by atoms with Crippen molar-refractivity contribution in [2.24, 2.45) is 5.92 Å². The third kappa shape index (κ3) is 2.59. The fraction of sp³-hybridized carbons (Fsp3) is 0.583. The summed E-state index contributed by atoms with van der Waals surface area (Å²) in [4.78, 5) is 2.37. The summed E-state index contributed by atoms with van der Waals surface area (Å²) < 4.78 is 0.648. The molecule has 1 aromatic rings. The maximum absolute atomic E-state index is 8.90. The maximum Gasteiger partial charge on any atom is 0.130 e. The van der Waals surface area contributed by atoms with Crippen LogP contribution in [0.1, 0.15) is 31.7 Å². The Morgan fingerprint density at radius 1 is 1.62 bits per heavy atom. The van der Waals surface area contributed by atoms with Gasteiger partial charge in [-0.25, -0.2) is 0 Å². The van der Waals surface area contributed by atoms with Crippen LogP contribution in [0.4, 0.5) is 5.00 Å². The van der Waals surface area contributed by atoms with Crippen molar-refractivity contribution in [2.75, 3.05) is 18.0 Å². The first-order valence-corrected chi connectivity index (χ1v) is 6.60. The van der Waals surface area contributed by atoms with Gasteiger partial charge >= 0.3 is 0 Å². The molecule has 1 saturated carbocycles. The van der Waals surface area contributed by atoms with E-state index in [-0.39, 0.29) is 0 Å². The van der Waals surface area contributed by atoms with Crippen LogP contribution in [0.5, 0.6) is 0 Å². The molecular weight excluding hydrogens is 215 g/mol. The molecule has 1 aromatic heterocycles. The lowest BCUT2D eigenvalue weighted by molar-refractivity contribution is 0.713. The highest BCUT2D eigenvalue weighted by atomic mass is 32.1. The molecule has 0 aromatic carbocycles. The third-order valence-electron chi connectivity index (χ3n) is 2.85. The van der Waals surface area contributed by atoms with Gasteiger partial charge in [-0.2, -0.15) is 5.26 Å². The average molecular weight is 230 g/mol. The molecule has 16 heavy (non-hydrogen) atoms. The van der Waals surface area contributed by atoms with Crippen LogP contribution in [0.3, 0.4) is 0 Å². The summed E-state index contributed by atoms with van der Waals surface area (Å²) in [6.07, 6.45) is 3.84. The Labute approximate surface area is 102 Å². The molecule has 2 nitrogen and oxygen atoms in total. The highest BCUT2D eigenvalue weighted by Gasteiger charge is 2.25. The van der Waals surface area contributed by atoms with E-state index in [4.69, 9.17) is 13.1 Å². The van der Waals surface area contributed by atoms with Gasteiger partial charge in [0.1, 0.15) is 7.85 Å². The zero-order chi connectivity index (χ0) is 11.5. The number of thiophene rings is 1. The molecule has 1 aliphatic rings. The van der Waals surface area contributed by atoms with Crippen molar-refractivity contribution in [3.8, 4) is 6.07 Å². The number of nitrogens with zero attached hydrogens (tertiary/aromatic N) is 2. The van der Waals surface area contributed by atoms with E-state index in [0.717, 1.165) is 30.4 Å². The topological polar surface area (TPSA) is 27.0 Å².